The van der Waals surface area contributed by atoms with E-state index in [9.17, 15) is 4.79 Å². The Bertz CT molecular complexity index is 289. The molecule has 1 aromatic rings. The lowest BCUT2D eigenvalue weighted by atomic mass is 10.2. The maximum atomic E-state index is 11.0. The molecule has 0 unspecified atom stereocenters. The van der Waals surface area contributed by atoms with Gasteiger partial charge in [-0.2, -0.15) is 0 Å². The molecule has 0 saturated carbocycles. The van der Waals surface area contributed by atoms with Crippen LogP contribution in [0.4, 0.5) is 4.79 Å². The summed E-state index contributed by atoms with van der Waals surface area (Å²) < 4.78 is 4.92. The molecular formula is C13H22N2O2. The van der Waals surface area contributed by atoms with Gasteiger partial charge in [-0.3, -0.25) is 0 Å². The summed E-state index contributed by atoms with van der Waals surface area (Å²) in [5, 5.41) is 2.52. The summed E-state index contributed by atoms with van der Waals surface area (Å²) >= 11 is 0. The first-order valence-corrected chi connectivity index (χ1v) is 5.89. The molecule has 1 amide bonds. The van der Waals surface area contributed by atoms with E-state index in [1.807, 2.05) is 30.3 Å². The average molecular weight is 238 g/mol. The van der Waals surface area contributed by atoms with Crippen LogP contribution in [-0.2, 0) is 11.3 Å². The second-order valence-corrected chi connectivity index (χ2v) is 3.48. The van der Waals surface area contributed by atoms with Gasteiger partial charge in [0, 0.05) is 13.1 Å². The largest absolute Gasteiger partial charge is 0.445 e. The van der Waals surface area contributed by atoms with Gasteiger partial charge in [0.15, 0.2) is 0 Å². The van der Waals surface area contributed by atoms with Crippen LogP contribution in [0.25, 0.3) is 0 Å². The molecule has 0 saturated heterocycles. The van der Waals surface area contributed by atoms with E-state index >= 15 is 0 Å². The van der Waals surface area contributed by atoms with Gasteiger partial charge >= 0.3 is 6.09 Å². The highest BCUT2D eigenvalue weighted by molar-refractivity contribution is 5.67. The molecule has 0 aromatic heterocycles. The molecule has 0 aliphatic carbocycles. The van der Waals surface area contributed by atoms with Gasteiger partial charge in [-0.1, -0.05) is 50.6 Å². The molecule has 0 heterocycles. The lowest BCUT2D eigenvalue weighted by Gasteiger charge is -2.05. The molecule has 0 aliphatic rings. The zero-order chi connectivity index (χ0) is 12.9. The van der Waals surface area contributed by atoms with Gasteiger partial charge in [-0.05, 0) is 5.56 Å². The molecule has 96 valence electrons. The third-order valence-electron chi connectivity index (χ3n) is 1.63. The van der Waals surface area contributed by atoms with Crippen LogP contribution in [0.15, 0.2) is 30.3 Å². The molecular weight excluding hydrogens is 216 g/mol. The fraction of sp³-hybridized carbons (Fsp3) is 0.462. The minimum Gasteiger partial charge on any atom is -0.445 e. The molecule has 3 N–H and O–H groups in total. The molecule has 0 atom stereocenters. The first-order chi connectivity index (χ1) is 8.24. The molecule has 0 fully saturated rings. The van der Waals surface area contributed by atoms with Crippen LogP contribution < -0.4 is 11.1 Å². The highest BCUT2D eigenvalue weighted by Gasteiger charge is 1.99. The summed E-state index contributed by atoms with van der Waals surface area (Å²) in [6.07, 6.45) is 0.819. The van der Waals surface area contributed by atoms with Gasteiger partial charge in [0.05, 0.1) is 0 Å². The van der Waals surface area contributed by atoms with Crippen molar-refractivity contribution in [2.75, 3.05) is 13.1 Å². The van der Waals surface area contributed by atoms with E-state index in [-0.39, 0.29) is 6.61 Å². The SMILES string of the molecule is CCC.NCCNC(=O)OCc1ccccc1. The highest BCUT2D eigenvalue weighted by atomic mass is 16.5. The molecule has 0 bridgehead atoms. The summed E-state index contributed by atoms with van der Waals surface area (Å²) in [4.78, 5) is 11.0. The predicted molar refractivity (Wildman–Crippen MR) is 69.6 cm³/mol. The van der Waals surface area contributed by atoms with Gasteiger partial charge in [0.2, 0.25) is 0 Å². The van der Waals surface area contributed by atoms with Gasteiger partial charge in [0.25, 0.3) is 0 Å². The first kappa shape index (κ1) is 15.4. The van der Waals surface area contributed by atoms with Gasteiger partial charge in [-0.15, -0.1) is 0 Å². The molecule has 17 heavy (non-hydrogen) atoms. The number of nitrogens with one attached hydrogen (secondary N) is 1. The number of carbonyl (C=O) groups excluding carboxylic acids is 1. The summed E-state index contributed by atoms with van der Waals surface area (Å²) in [6, 6.07) is 9.51. The van der Waals surface area contributed by atoms with Crippen molar-refractivity contribution in [1.82, 2.24) is 5.32 Å². The lowest BCUT2D eigenvalue weighted by molar-refractivity contribution is 0.140. The van der Waals surface area contributed by atoms with E-state index in [0.717, 1.165) is 5.56 Å². The van der Waals surface area contributed by atoms with Crippen LogP contribution in [0.5, 0.6) is 0 Å². The van der Waals surface area contributed by atoms with Crippen molar-refractivity contribution >= 4 is 6.09 Å². The Labute approximate surface area is 103 Å². The number of hydrogen-bond donors (Lipinski definition) is 2. The van der Waals surface area contributed by atoms with Gasteiger partial charge in [-0.25, -0.2) is 4.79 Å². The minimum absolute atomic E-state index is 0.289. The average Bonchev–Trinajstić information content (AvgIpc) is 2.36. The van der Waals surface area contributed by atoms with E-state index in [2.05, 4.69) is 19.2 Å². The maximum absolute atomic E-state index is 11.0. The highest BCUT2D eigenvalue weighted by Crippen LogP contribution is 1.99. The van der Waals surface area contributed by atoms with Crippen molar-refractivity contribution in [1.29, 1.82) is 0 Å². The third kappa shape index (κ3) is 9.38. The van der Waals surface area contributed by atoms with Crippen molar-refractivity contribution in [2.45, 2.75) is 26.9 Å². The van der Waals surface area contributed by atoms with Crippen molar-refractivity contribution in [2.24, 2.45) is 5.73 Å². The number of alkyl carbamates (subject to hydrolysis) is 1. The predicted octanol–water partition coefficient (Wildman–Crippen LogP) is 2.29. The van der Waals surface area contributed by atoms with E-state index in [1.165, 1.54) is 6.42 Å². The quantitative estimate of drug-likeness (QED) is 0.846. The first-order valence-electron chi connectivity index (χ1n) is 5.89. The normalized spacial score (nSPS) is 8.88. The van der Waals surface area contributed by atoms with E-state index < -0.39 is 6.09 Å². The topological polar surface area (TPSA) is 64.3 Å². The Morgan fingerprint density at radius 2 is 1.88 bits per heavy atom. The third-order valence-corrected chi connectivity index (χ3v) is 1.63. The summed E-state index contributed by atoms with van der Waals surface area (Å²) in [6.45, 7) is 5.39. The number of amides is 1. The van der Waals surface area contributed by atoms with Crippen molar-refractivity contribution in [3.8, 4) is 0 Å². The standard InChI is InChI=1S/C10H14N2O2.C3H8/c11-6-7-12-10(13)14-8-9-4-2-1-3-5-9;1-3-2/h1-5H,6-8,11H2,(H,12,13);3H2,1-2H3. The molecule has 4 nitrogen and oxygen atoms in total. The summed E-state index contributed by atoms with van der Waals surface area (Å²) in [7, 11) is 0. The van der Waals surface area contributed by atoms with Crippen LogP contribution in [0, 0.1) is 0 Å². The van der Waals surface area contributed by atoms with Gasteiger partial charge < -0.3 is 15.8 Å². The van der Waals surface area contributed by atoms with E-state index in [0.29, 0.717) is 13.1 Å². The second kappa shape index (κ2) is 11.0. The van der Waals surface area contributed by atoms with Crippen LogP contribution in [0.2, 0.25) is 0 Å². The minimum atomic E-state index is -0.431. The molecule has 0 radical (unpaired) electrons. The van der Waals surface area contributed by atoms with Crippen molar-refractivity contribution in [3.05, 3.63) is 35.9 Å². The maximum Gasteiger partial charge on any atom is 0.407 e. The number of hydrogen-bond acceptors (Lipinski definition) is 3. The Hall–Kier alpha value is -1.55. The smallest absolute Gasteiger partial charge is 0.407 e. The molecule has 4 heteroatoms. The van der Waals surface area contributed by atoms with Crippen molar-refractivity contribution in [3.63, 3.8) is 0 Å². The molecule has 0 spiro atoms. The molecule has 1 rings (SSSR count). The monoisotopic (exact) mass is 238 g/mol. The van der Waals surface area contributed by atoms with E-state index in [4.69, 9.17) is 10.5 Å². The van der Waals surface area contributed by atoms with Crippen LogP contribution >= 0.6 is 0 Å². The molecule has 0 aliphatic heterocycles. The zero-order valence-corrected chi connectivity index (χ0v) is 10.6. The Morgan fingerprint density at radius 1 is 1.29 bits per heavy atom. The van der Waals surface area contributed by atoms with Gasteiger partial charge in [0.1, 0.15) is 6.61 Å². The summed E-state index contributed by atoms with van der Waals surface area (Å²) in [5.74, 6) is 0. The lowest BCUT2D eigenvalue weighted by Crippen LogP contribution is -2.29. The van der Waals surface area contributed by atoms with E-state index in [1.54, 1.807) is 0 Å². The number of nitrogens with two attached hydrogens (primary N) is 1. The number of carbonyl (C=O) groups is 1. The van der Waals surface area contributed by atoms with Crippen LogP contribution in [0.3, 0.4) is 0 Å². The fourth-order valence-electron chi connectivity index (χ4n) is 0.948. The number of ether oxygens (including phenoxy) is 1. The zero-order valence-electron chi connectivity index (χ0n) is 10.6. The Balaban J connectivity index is 0.000000770. The van der Waals surface area contributed by atoms with Crippen LogP contribution in [0.1, 0.15) is 25.8 Å². The van der Waals surface area contributed by atoms with Crippen LogP contribution in [-0.4, -0.2) is 19.2 Å². The fourth-order valence-corrected chi connectivity index (χ4v) is 0.948. The second-order valence-electron chi connectivity index (χ2n) is 3.48. The number of benzene rings is 1. The van der Waals surface area contributed by atoms with Crippen molar-refractivity contribution < 1.29 is 9.53 Å². The number of rotatable bonds is 4. The Morgan fingerprint density at radius 3 is 2.41 bits per heavy atom. The summed E-state index contributed by atoms with van der Waals surface area (Å²) in [5.41, 5.74) is 6.18. The Kier molecular flexibility index (Phi) is 9.95. The molecule has 1 aromatic carbocycles.